The smallest absolute Gasteiger partial charge is 0.329 e. The second kappa shape index (κ2) is 6.48. The van der Waals surface area contributed by atoms with E-state index in [1.807, 2.05) is 37.3 Å². The van der Waals surface area contributed by atoms with Crippen LogP contribution in [0.3, 0.4) is 0 Å². The Balaban J connectivity index is 1.79. The highest BCUT2D eigenvalue weighted by Crippen LogP contribution is 2.26. The van der Waals surface area contributed by atoms with Crippen LogP contribution in [-0.4, -0.2) is 37.4 Å². The van der Waals surface area contributed by atoms with Crippen molar-refractivity contribution >= 4 is 23.6 Å². The van der Waals surface area contributed by atoms with Gasteiger partial charge < -0.3 is 4.84 Å². The number of amides is 2. The summed E-state index contributed by atoms with van der Waals surface area (Å²) in [6.45, 7) is 3.29. The van der Waals surface area contributed by atoms with Gasteiger partial charge in [0.25, 0.3) is 0 Å². The maximum absolute atomic E-state index is 12.7. The summed E-state index contributed by atoms with van der Waals surface area (Å²) in [5, 5.41) is 3.72. The number of carbonyl (C=O) groups excluding carboxylic acids is 1. The zero-order chi connectivity index (χ0) is 16.2. The number of hydrogen-bond donors (Lipinski definition) is 0. The van der Waals surface area contributed by atoms with Crippen LogP contribution in [0.25, 0.3) is 0 Å². The van der Waals surface area contributed by atoms with Gasteiger partial charge in [0.1, 0.15) is 7.11 Å². The van der Waals surface area contributed by atoms with E-state index in [0.29, 0.717) is 13.1 Å². The van der Waals surface area contributed by atoms with Gasteiger partial charge in [0.2, 0.25) is 0 Å². The minimum absolute atomic E-state index is 0.0283. The summed E-state index contributed by atoms with van der Waals surface area (Å²) in [6.07, 6.45) is 5.10. The van der Waals surface area contributed by atoms with Crippen molar-refractivity contribution in [2.45, 2.75) is 6.92 Å². The van der Waals surface area contributed by atoms with Gasteiger partial charge in [-0.1, -0.05) is 17.3 Å². The van der Waals surface area contributed by atoms with Crippen LogP contribution in [0.4, 0.5) is 16.2 Å². The Kier molecular flexibility index (Phi) is 4.23. The van der Waals surface area contributed by atoms with E-state index in [9.17, 15) is 4.79 Å². The summed E-state index contributed by atoms with van der Waals surface area (Å²) in [7, 11) is 1.50. The summed E-state index contributed by atoms with van der Waals surface area (Å²) in [5.74, 6) is 0. The molecule has 1 fully saturated rings. The van der Waals surface area contributed by atoms with Gasteiger partial charge in [-0.2, -0.15) is 0 Å². The largest absolute Gasteiger partial charge is 0.399 e. The molecule has 0 N–H and O–H groups in total. The SMILES string of the molecule is CON=Cc1ccc(N2CCN(c3cnccc3C)C2=O)cc1. The van der Waals surface area contributed by atoms with E-state index in [0.717, 1.165) is 22.5 Å². The van der Waals surface area contributed by atoms with Crippen LogP contribution in [0, 0.1) is 6.92 Å². The number of carbonyl (C=O) groups is 1. The quantitative estimate of drug-likeness (QED) is 0.644. The Bertz CT molecular complexity index is 728. The van der Waals surface area contributed by atoms with Crippen LogP contribution in [0.5, 0.6) is 0 Å². The minimum atomic E-state index is -0.0283. The van der Waals surface area contributed by atoms with Gasteiger partial charge in [-0.3, -0.25) is 14.8 Å². The van der Waals surface area contributed by atoms with Crippen molar-refractivity contribution in [3.8, 4) is 0 Å². The Morgan fingerprint density at radius 2 is 1.91 bits per heavy atom. The number of aryl methyl sites for hydroxylation is 1. The summed E-state index contributed by atoms with van der Waals surface area (Å²) >= 11 is 0. The van der Waals surface area contributed by atoms with Crippen LogP contribution in [-0.2, 0) is 4.84 Å². The molecule has 2 amide bonds. The van der Waals surface area contributed by atoms with E-state index < -0.39 is 0 Å². The van der Waals surface area contributed by atoms with Crippen LogP contribution in [0.2, 0.25) is 0 Å². The Morgan fingerprint density at radius 3 is 2.61 bits per heavy atom. The first-order valence-electron chi connectivity index (χ1n) is 7.37. The first-order chi connectivity index (χ1) is 11.2. The maximum atomic E-state index is 12.7. The van der Waals surface area contributed by atoms with Crippen LogP contribution in [0.1, 0.15) is 11.1 Å². The lowest BCUT2D eigenvalue weighted by molar-refractivity contribution is 0.215. The van der Waals surface area contributed by atoms with Crippen molar-refractivity contribution in [1.29, 1.82) is 0 Å². The molecule has 2 aromatic rings. The molecule has 6 nitrogen and oxygen atoms in total. The third-order valence-corrected chi connectivity index (χ3v) is 3.82. The van der Waals surface area contributed by atoms with E-state index in [1.54, 1.807) is 28.4 Å². The first kappa shape index (κ1) is 15.0. The predicted molar refractivity (Wildman–Crippen MR) is 90.1 cm³/mol. The molecule has 0 radical (unpaired) electrons. The average molecular weight is 310 g/mol. The lowest BCUT2D eigenvalue weighted by atomic mass is 10.2. The van der Waals surface area contributed by atoms with Crippen molar-refractivity contribution < 1.29 is 9.63 Å². The summed E-state index contributed by atoms with van der Waals surface area (Å²) in [6, 6.07) is 9.52. The number of urea groups is 1. The molecule has 1 aliphatic heterocycles. The lowest BCUT2D eigenvalue weighted by Crippen LogP contribution is -2.32. The normalized spacial score (nSPS) is 14.8. The molecule has 0 unspecified atom stereocenters. The Labute approximate surface area is 135 Å². The van der Waals surface area contributed by atoms with Crippen molar-refractivity contribution in [3.63, 3.8) is 0 Å². The third kappa shape index (κ3) is 3.01. The fraction of sp³-hybridized carbons (Fsp3) is 0.235. The monoisotopic (exact) mass is 310 g/mol. The number of nitrogens with zero attached hydrogens (tertiary/aromatic N) is 4. The molecular formula is C17H18N4O2. The van der Waals surface area contributed by atoms with E-state index in [4.69, 9.17) is 0 Å². The maximum Gasteiger partial charge on any atom is 0.329 e. The highest BCUT2D eigenvalue weighted by atomic mass is 16.6. The number of aromatic nitrogens is 1. The summed E-state index contributed by atoms with van der Waals surface area (Å²) < 4.78 is 0. The Hall–Kier alpha value is -2.89. The van der Waals surface area contributed by atoms with Crippen LogP contribution < -0.4 is 9.80 Å². The summed E-state index contributed by atoms with van der Waals surface area (Å²) in [4.78, 5) is 25.0. The molecular weight excluding hydrogens is 292 g/mol. The van der Waals surface area contributed by atoms with Gasteiger partial charge in [-0.25, -0.2) is 4.79 Å². The molecule has 23 heavy (non-hydrogen) atoms. The lowest BCUT2D eigenvalue weighted by Gasteiger charge is -2.20. The molecule has 6 heteroatoms. The van der Waals surface area contributed by atoms with Crippen molar-refractivity contribution in [2.24, 2.45) is 5.16 Å². The number of benzene rings is 1. The summed E-state index contributed by atoms with van der Waals surface area (Å²) in [5.41, 5.74) is 3.70. The molecule has 0 aliphatic carbocycles. The topological polar surface area (TPSA) is 58.0 Å². The van der Waals surface area contributed by atoms with E-state index in [-0.39, 0.29) is 6.03 Å². The van der Waals surface area contributed by atoms with Gasteiger partial charge >= 0.3 is 6.03 Å². The minimum Gasteiger partial charge on any atom is -0.399 e. The molecule has 118 valence electrons. The van der Waals surface area contributed by atoms with Crippen molar-refractivity contribution in [2.75, 3.05) is 30.0 Å². The van der Waals surface area contributed by atoms with Gasteiger partial charge in [0.05, 0.1) is 18.1 Å². The zero-order valence-corrected chi connectivity index (χ0v) is 13.1. The molecule has 1 aliphatic rings. The van der Waals surface area contributed by atoms with Crippen LogP contribution in [0.15, 0.2) is 47.9 Å². The molecule has 0 atom stereocenters. The van der Waals surface area contributed by atoms with Crippen molar-refractivity contribution in [3.05, 3.63) is 53.9 Å². The van der Waals surface area contributed by atoms with E-state index >= 15 is 0 Å². The second-order valence-electron chi connectivity index (χ2n) is 5.26. The molecule has 0 saturated carbocycles. The second-order valence-corrected chi connectivity index (χ2v) is 5.26. The fourth-order valence-electron chi connectivity index (χ4n) is 2.59. The molecule has 0 spiro atoms. The first-order valence-corrected chi connectivity index (χ1v) is 7.37. The van der Waals surface area contributed by atoms with Gasteiger partial charge in [-0.05, 0) is 36.2 Å². The Morgan fingerprint density at radius 1 is 1.17 bits per heavy atom. The molecule has 3 rings (SSSR count). The molecule has 1 aromatic carbocycles. The third-order valence-electron chi connectivity index (χ3n) is 3.82. The number of rotatable bonds is 4. The molecule has 0 bridgehead atoms. The van der Waals surface area contributed by atoms with Gasteiger partial charge in [-0.15, -0.1) is 0 Å². The number of oxime groups is 1. The van der Waals surface area contributed by atoms with Gasteiger partial charge in [0.15, 0.2) is 0 Å². The predicted octanol–water partition coefficient (Wildman–Crippen LogP) is 2.82. The molecule has 1 saturated heterocycles. The van der Waals surface area contributed by atoms with Crippen molar-refractivity contribution in [1.82, 2.24) is 4.98 Å². The highest BCUT2D eigenvalue weighted by molar-refractivity contribution is 6.06. The fourth-order valence-corrected chi connectivity index (χ4v) is 2.59. The standard InChI is InChI=1S/C17H18N4O2/c1-13-7-8-18-12-16(13)21-10-9-20(17(21)22)15-5-3-14(4-6-15)11-19-23-2/h3-8,11-12H,9-10H2,1-2H3. The molecule has 2 heterocycles. The average Bonchev–Trinajstić information content (AvgIpc) is 2.95. The van der Waals surface area contributed by atoms with E-state index in [1.165, 1.54) is 7.11 Å². The molecule has 1 aromatic heterocycles. The van der Waals surface area contributed by atoms with Gasteiger partial charge in [0, 0.05) is 25.0 Å². The number of pyridine rings is 1. The van der Waals surface area contributed by atoms with E-state index in [2.05, 4.69) is 15.0 Å². The highest BCUT2D eigenvalue weighted by Gasteiger charge is 2.31. The zero-order valence-electron chi connectivity index (χ0n) is 13.1. The van der Waals surface area contributed by atoms with Crippen LogP contribution >= 0.6 is 0 Å². The number of hydrogen-bond acceptors (Lipinski definition) is 4. The number of anilines is 2.